The summed E-state index contributed by atoms with van der Waals surface area (Å²) in [6.07, 6.45) is 1.33. The Morgan fingerprint density at radius 1 is 1.03 bits per heavy atom. The summed E-state index contributed by atoms with van der Waals surface area (Å²) in [7, 11) is -3.92. The van der Waals surface area contributed by atoms with Crippen LogP contribution in [0.15, 0.2) is 53.4 Å². The Labute approximate surface area is 167 Å². The molecule has 29 heavy (non-hydrogen) atoms. The minimum atomic E-state index is -3.92. The van der Waals surface area contributed by atoms with Crippen molar-refractivity contribution in [3.63, 3.8) is 0 Å². The highest BCUT2D eigenvalue weighted by Crippen LogP contribution is 2.29. The number of fused-ring (bicyclic) bond motifs is 1. The van der Waals surface area contributed by atoms with Crippen molar-refractivity contribution in [1.82, 2.24) is 4.31 Å². The van der Waals surface area contributed by atoms with Gasteiger partial charge in [0.05, 0.1) is 17.7 Å². The summed E-state index contributed by atoms with van der Waals surface area (Å²) in [4.78, 5) is 37.9. The third-order valence-electron chi connectivity index (χ3n) is 4.93. The smallest absolute Gasteiger partial charge is 0.338 e. The highest BCUT2D eigenvalue weighted by molar-refractivity contribution is 7.90. The van der Waals surface area contributed by atoms with Crippen LogP contribution in [0.1, 0.15) is 33.6 Å². The Kier molecular flexibility index (Phi) is 4.83. The Balaban J connectivity index is 1.37. The van der Waals surface area contributed by atoms with Gasteiger partial charge in [-0.25, -0.2) is 17.5 Å². The maximum absolute atomic E-state index is 12.5. The van der Waals surface area contributed by atoms with Gasteiger partial charge < -0.3 is 9.64 Å². The van der Waals surface area contributed by atoms with Crippen molar-refractivity contribution in [1.29, 1.82) is 0 Å². The summed E-state index contributed by atoms with van der Waals surface area (Å²) in [5.41, 5.74) is 1.11. The SMILES string of the molecule is O=C(OCCN1C(=O)c2ccccc2S1(=O)=O)c1ccc(N2CCCC2=O)cc1. The largest absolute Gasteiger partial charge is 0.460 e. The van der Waals surface area contributed by atoms with Crippen molar-refractivity contribution >= 4 is 33.5 Å². The molecule has 0 saturated carbocycles. The van der Waals surface area contributed by atoms with Crippen LogP contribution in [-0.4, -0.2) is 50.2 Å². The quantitative estimate of drug-likeness (QED) is 0.692. The predicted octanol–water partition coefficient (Wildman–Crippen LogP) is 1.81. The fourth-order valence-corrected chi connectivity index (χ4v) is 5.01. The molecule has 2 amide bonds. The number of carbonyl (C=O) groups excluding carboxylic acids is 3. The van der Waals surface area contributed by atoms with Crippen LogP contribution >= 0.6 is 0 Å². The highest BCUT2D eigenvalue weighted by Gasteiger charge is 2.40. The van der Waals surface area contributed by atoms with E-state index in [0.717, 1.165) is 12.1 Å². The van der Waals surface area contributed by atoms with E-state index >= 15 is 0 Å². The van der Waals surface area contributed by atoms with E-state index in [1.54, 1.807) is 41.3 Å². The molecule has 0 unspecified atom stereocenters. The molecular weight excluding hydrogens is 396 g/mol. The summed E-state index contributed by atoms with van der Waals surface area (Å²) in [6.45, 7) is 0.134. The number of nitrogens with zero attached hydrogens (tertiary/aromatic N) is 2. The van der Waals surface area contributed by atoms with Crippen molar-refractivity contribution in [3.8, 4) is 0 Å². The number of hydrogen-bond acceptors (Lipinski definition) is 6. The van der Waals surface area contributed by atoms with Crippen molar-refractivity contribution in [2.24, 2.45) is 0 Å². The van der Waals surface area contributed by atoms with E-state index in [4.69, 9.17) is 4.74 Å². The van der Waals surface area contributed by atoms with E-state index in [1.165, 1.54) is 12.1 Å². The Morgan fingerprint density at radius 2 is 1.76 bits per heavy atom. The second-order valence-electron chi connectivity index (χ2n) is 6.71. The number of amides is 2. The van der Waals surface area contributed by atoms with E-state index < -0.39 is 21.9 Å². The topological polar surface area (TPSA) is 101 Å². The van der Waals surface area contributed by atoms with Crippen LogP contribution in [0, 0.1) is 0 Å². The fraction of sp³-hybridized carbons (Fsp3) is 0.250. The molecule has 0 radical (unpaired) electrons. The Morgan fingerprint density at radius 3 is 2.41 bits per heavy atom. The number of carbonyl (C=O) groups is 3. The minimum absolute atomic E-state index is 0.0385. The zero-order valence-electron chi connectivity index (χ0n) is 15.4. The van der Waals surface area contributed by atoms with Crippen molar-refractivity contribution in [2.45, 2.75) is 17.7 Å². The molecular formula is C20H18N2O6S. The first kappa shape index (κ1) is 19.1. The van der Waals surface area contributed by atoms with Crippen molar-refractivity contribution < 1.29 is 27.5 Å². The van der Waals surface area contributed by atoms with Crippen LogP contribution in [0.2, 0.25) is 0 Å². The van der Waals surface area contributed by atoms with Gasteiger partial charge in [-0.2, -0.15) is 0 Å². The van der Waals surface area contributed by atoms with Gasteiger partial charge >= 0.3 is 5.97 Å². The zero-order valence-corrected chi connectivity index (χ0v) is 16.2. The maximum atomic E-state index is 12.5. The molecule has 0 spiro atoms. The average molecular weight is 414 g/mol. The molecule has 1 fully saturated rings. The maximum Gasteiger partial charge on any atom is 0.338 e. The van der Waals surface area contributed by atoms with Gasteiger partial charge in [0.1, 0.15) is 11.5 Å². The normalized spacial score (nSPS) is 17.5. The number of sulfonamides is 1. The van der Waals surface area contributed by atoms with Crippen LogP contribution in [0.3, 0.4) is 0 Å². The molecule has 0 N–H and O–H groups in total. The average Bonchev–Trinajstić information content (AvgIpc) is 3.23. The summed E-state index contributed by atoms with van der Waals surface area (Å²) in [5.74, 6) is -1.21. The van der Waals surface area contributed by atoms with Crippen LogP contribution in [0.4, 0.5) is 5.69 Å². The van der Waals surface area contributed by atoms with E-state index in [1.807, 2.05) is 0 Å². The van der Waals surface area contributed by atoms with Crippen LogP contribution in [-0.2, 0) is 19.6 Å². The number of anilines is 1. The van der Waals surface area contributed by atoms with E-state index in [2.05, 4.69) is 0 Å². The number of ether oxygens (including phenoxy) is 1. The third kappa shape index (κ3) is 3.38. The molecule has 2 aliphatic rings. The lowest BCUT2D eigenvalue weighted by atomic mass is 10.2. The minimum Gasteiger partial charge on any atom is -0.460 e. The van der Waals surface area contributed by atoms with Crippen molar-refractivity contribution in [2.75, 3.05) is 24.6 Å². The Hall–Kier alpha value is -3.20. The van der Waals surface area contributed by atoms with Gasteiger partial charge in [0.25, 0.3) is 15.9 Å². The lowest BCUT2D eigenvalue weighted by molar-refractivity contribution is -0.117. The van der Waals surface area contributed by atoms with Crippen LogP contribution < -0.4 is 4.90 Å². The molecule has 0 aromatic heterocycles. The molecule has 8 nitrogen and oxygen atoms in total. The molecule has 150 valence electrons. The van der Waals surface area contributed by atoms with Gasteiger partial charge in [-0.15, -0.1) is 0 Å². The first-order valence-electron chi connectivity index (χ1n) is 9.13. The molecule has 2 aromatic carbocycles. The molecule has 9 heteroatoms. The van der Waals surface area contributed by atoms with Gasteiger partial charge in [0.15, 0.2) is 0 Å². The third-order valence-corrected chi connectivity index (χ3v) is 6.77. The molecule has 4 rings (SSSR count). The van der Waals surface area contributed by atoms with Gasteiger partial charge in [0, 0.05) is 18.7 Å². The van der Waals surface area contributed by atoms with E-state index in [0.29, 0.717) is 17.3 Å². The molecule has 2 aliphatic heterocycles. The lowest BCUT2D eigenvalue weighted by Crippen LogP contribution is -2.33. The molecule has 2 aromatic rings. The summed E-state index contributed by atoms with van der Waals surface area (Å²) in [5, 5.41) is 0. The lowest BCUT2D eigenvalue weighted by Gasteiger charge is -2.16. The van der Waals surface area contributed by atoms with Crippen LogP contribution in [0.25, 0.3) is 0 Å². The summed E-state index contributed by atoms with van der Waals surface area (Å²) >= 11 is 0. The van der Waals surface area contributed by atoms with E-state index in [-0.39, 0.29) is 35.1 Å². The number of benzene rings is 2. The molecule has 1 saturated heterocycles. The van der Waals surface area contributed by atoms with Gasteiger partial charge in [-0.1, -0.05) is 12.1 Å². The standard InChI is InChI=1S/C20H18N2O6S/c23-18-6-3-11-21(18)15-9-7-14(8-10-15)20(25)28-13-12-22-19(24)16-4-1-2-5-17(16)29(22,26)27/h1-2,4-5,7-10H,3,6,11-13H2. The number of rotatable bonds is 5. The van der Waals surface area contributed by atoms with Crippen LogP contribution in [0.5, 0.6) is 0 Å². The second kappa shape index (κ2) is 7.32. The number of hydrogen-bond donors (Lipinski definition) is 0. The molecule has 0 atom stereocenters. The van der Waals surface area contributed by atoms with Crippen molar-refractivity contribution in [3.05, 3.63) is 59.7 Å². The number of esters is 1. The highest BCUT2D eigenvalue weighted by atomic mass is 32.2. The second-order valence-corrected chi connectivity index (χ2v) is 8.54. The van der Waals surface area contributed by atoms with E-state index in [9.17, 15) is 22.8 Å². The van der Waals surface area contributed by atoms with Gasteiger partial charge in [-0.3, -0.25) is 9.59 Å². The molecule has 2 heterocycles. The summed E-state index contributed by atoms with van der Waals surface area (Å²) < 4.78 is 30.8. The molecule has 0 aliphatic carbocycles. The Bertz CT molecular complexity index is 1090. The first-order chi connectivity index (χ1) is 13.9. The first-order valence-corrected chi connectivity index (χ1v) is 10.6. The fourth-order valence-electron chi connectivity index (χ4n) is 3.46. The monoisotopic (exact) mass is 414 g/mol. The van der Waals surface area contributed by atoms with Gasteiger partial charge in [0.2, 0.25) is 5.91 Å². The predicted molar refractivity (Wildman–Crippen MR) is 103 cm³/mol. The molecule has 0 bridgehead atoms. The summed E-state index contributed by atoms with van der Waals surface area (Å²) in [6, 6.07) is 12.4. The van der Waals surface area contributed by atoms with Gasteiger partial charge in [-0.05, 0) is 42.8 Å². The zero-order chi connectivity index (χ0) is 20.6.